The second-order valence-corrected chi connectivity index (χ2v) is 8.67. The van der Waals surface area contributed by atoms with E-state index in [0.29, 0.717) is 37.5 Å². The van der Waals surface area contributed by atoms with E-state index >= 15 is 0 Å². The minimum Gasteiger partial charge on any atom is -0.369 e. The van der Waals surface area contributed by atoms with Crippen molar-refractivity contribution in [3.63, 3.8) is 0 Å². The largest absolute Gasteiger partial charge is 0.369 e. The molecule has 0 bridgehead atoms. The predicted octanol–water partition coefficient (Wildman–Crippen LogP) is 2.00. The molecule has 2 aromatic rings. The molecule has 0 atom stereocenters. The number of carbonyl (C=O) groups excluding carboxylic acids is 1. The highest BCUT2D eigenvalue weighted by molar-refractivity contribution is 7.89. The van der Waals surface area contributed by atoms with E-state index in [9.17, 15) is 13.2 Å². The number of fused-ring (bicyclic) bond motifs is 1. The number of nitrogens with zero attached hydrogens (tertiary/aromatic N) is 2. The Bertz CT molecular complexity index is 946. The van der Waals surface area contributed by atoms with Gasteiger partial charge in [0, 0.05) is 43.1 Å². The highest BCUT2D eigenvalue weighted by atomic mass is 32.2. The van der Waals surface area contributed by atoms with Crippen LogP contribution in [-0.4, -0.2) is 44.8 Å². The minimum atomic E-state index is -3.46. The van der Waals surface area contributed by atoms with Gasteiger partial charge in [0.25, 0.3) is 0 Å². The molecule has 2 aromatic carbocycles. The molecule has 7 heteroatoms. The van der Waals surface area contributed by atoms with Crippen LogP contribution in [0.3, 0.4) is 0 Å². The van der Waals surface area contributed by atoms with Gasteiger partial charge in [-0.2, -0.15) is 4.31 Å². The second-order valence-electron chi connectivity index (χ2n) is 6.73. The van der Waals surface area contributed by atoms with Crippen LogP contribution in [0.1, 0.15) is 11.1 Å². The molecule has 1 N–H and O–H groups in total. The van der Waals surface area contributed by atoms with Crippen molar-refractivity contribution in [3.8, 4) is 0 Å². The van der Waals surface area contributed by atoms with Crippen molar-refractivity contribution in [2.24, 2.45) is 0 Å². The maximum absolute atomic E-state index is 12.8. The molecule has 1 amide bonds. The van der Waals surface area contributed by atoms with Gasteiger partial charge < -0.3 is 10.2 Å². The van der Waals surface area contributed by atoms with E-state index in [0.717, 1.165) is 22.5 Å². The number of sulfonamides is 1. The van der Waals surface area contributed by atoms with Crippen molar-refractivity contribution >= 4 is 27.3 Å². The van der Waals surface area contributed by atoms with E-state index in [1.165, 1.54) is 0 Å². The topological polar surface area (TPSA) is 69.7 Å². The highest BCUT2D eigenvalue weighted by Gasteiger charge is 2.30. The monoisotopic (exact) mass is 371 g/mol. The number of piperazine rings is 1. The summed E-state index contributed by atoms with van der Waals surface area (Å²) in [4.78, 5) is 14.2. The van der Waals surface area contributed by atoms with Crippen LogP contribution in [0, 0.1) is 6.92 Å². The van der Waals surface area contributed by atoms with Crippen LogP contribution in [0.15, 0.2) is 47.4 Å². The number of amides is 1. The summed E-state index contributed by atoms with van der Waals surface area (Å²) in [7, 11) is -3.46. The lowest BCUT2D eigenvalue weighted by molar-refractivity contribution is -0.115. The number of carbonyl (C=O) groups is 1. The van der Waals surface area contributed by atoms with Crippen LogP contribution in [0.4, 0.5) is 11.4 Å². The van der Waals surface area contributed by atoms with E-state index in [-0.39, 0.29) is 5.91 Å². The first-order valence-electron chi connectivity index (χ1n) is 8.69. The molecule has 136 valence electrons. The molecule has 0 saturated carbocycles. The maximum Gasteiger partial charge on any atom is 0.243 e. The Balaban J connectivity index is 1.51. The van der Waals surface area contributed by atoms with Crippen molar-refractivity contribution < 1.29 is 13.2 Å². The first kappa shape index (κ1) is 17.1. The van der Waals surface area contributed by atoms with Gasteiger partial charge in [-0.1, -0.05) is 23.8 Å². The summed E-state index contributed by atoms with van der Waals surface area (Å²) in [6.07, 6.45) is 0.382. The van der Waals surface area contributed by atoms with Crippen LogP contribution in [0.2, 0.25) is 0 Å². The zero-order valence-corrected chi connectivity index (χ0v) is 15.4. The number of benzene rings is 2. The molecule has 0 radical (unpaired) electrons. The molecule has 1 fully saturated rings. The predicted molar refractivity (Wildman–Crippen MR) is 101 cm³/mol. The fraction of sp³-hybridized carbons (Fsp3) is 0.316. The molecule has 2 heterocycles. The molecular formula is C19H21N3O3S. The number of rotatable bonds is 3. The van der Waals surface area contributed by atoms with Gasteiger partial charge in [-0.25, -0.2) is 8.42 Å². The van der Waals surface area contributed by atoms with Crippen LogP contribution in [0.25, 0.3) is 0 Å². The molecule has 1 saturated heterocycles. The van der Waals surface area contributed by atoms with E-state index in [4.69, 9.17) is 0 Å². The fourth-order valence-electron chi connectivity index (χ4n) is 3.56. The van der Waals surface area contributed by atoms with Crippen LogP contribution in [0.5, 0.6) is 0 Å². The minimum absolute atomic E-state index is 0.00744. The molecule has 0 unspecified atom stereocenters. The van der Waals surface area contributed by atoms with Crippen LogP contribution in [-0.2, 0) is 21.2 Å². The van der Waals surface area contributed by atoms with Crippen molar-refractivity contribution in [1.82, 2.24) is 4.31 Å². The quantitative estimate of drug-likeness (QED) is 0.896. The first-order valence-corrected chi connectivity index (χ1v) is 10.1. The van der Waals surface area contributed by atoms with Gasteiger partial charge in [0.15, 0.2) is 0 Å². The summed E-state index contributed by atoms with van der Waals surface area (Å²) in [6.45, 7) is 4.01. The number of nitrogens with one attached hydrogen (secondary N) is 1. The Kier molecular flexibility index (Phi) is 4.20. The number of anilines is 2. The van der Waals surface area contributed by atoms with Gasteiger partial charge in [-0.3, -0.25) is 4.79 Å². The summed E-state index contributed by atoms with van der Waals surface area (Å²) in [5, 5.41) is 2.86. The SMILES string of the molecule is Cc1ccc(S(=O)(=O)N2CCN(c3cccc4c3CC(=O)N4)CC2)cc1. The molecule has 0 aromatic heterocycles. The van der Waals surface area contributed by atoms with Crippen molar-refractivity contribution in [2.75, 3.05) is 36.4 Å². The van der Waals surface area contributed by atoms with Gasteiger partial charge in [0.05, 0.1) is 11.3 Å². The van der Waals surface area contributed by atoms with Gasteiger partial charge in [-0.05, 0) is 31.2 Å². The van der Waals surface area contributed by atoms with Crippen molar-refractivity contribution in [2.45, 2.75) is 18.2 Å². The fourth-order valence-corrected chi connectivity index (χ4v) is 4.98. The standard InChI is InChI=1S/C19H21N3O3S/c1-14-5-7-15(8-6-14)26(24,25)22-11-9-21(10-12-22)18-4-2-3-17-16(18)13-19(23)20-17/h2-8H,9-13H2,1H3,(H,20,23). The lowest BCUT2D eigenvalue weighted by Gasteiger charge is -2.36. The third kappa shape index (κ3) is 2.97. The molecule has 4 rings (SSSR count). The molecule has 6 nitrogen and oxygen atoms in total. The summed E-state index contributed by atoms with van der Waals surface area (Å²) < 4.78 is 27.2. The molecule has 26 heavy (non-hydrogen) atoms. The summed E-state index contributed by atoms with van der Waals surface area (Å²) >= 11 is 0. The van der Waals surface area contributed by atoms with Crippen molar-refractivity contribution in [1.29, 1.82) is 0 Å². The number of aryl methyl sites for hydroxylation is 1. The van der Waals surface area contributed by atoms with E-state index in [2.05, 4.69) is 10.2 Å². The Morgan fingerprint density at radius 2 is 1.65 bits per heavy atom. The Morgan fingerprint density at radius 1 is 0.962 bits per heavy atom. The smallest absolute Gasteiger partial charge is 0.243 e. The van der Waals surface area contributed by atoms with Gasteiger partial charge in [0.2, 0.25) is 15.9 Å². The number of hydrogen-bond donors (Lipinski definition) is 1. The van der Waals surface area contributed by atoms with Gasteiger partial charge >= 0.3 is 0 Å². The van der Waals surface area contributed by atoms with E-state index < -0.39 is 10.0 Å². The summed E-state index contributed by atoms with van der Waals surface area (Å²) in [5.41, 5.74) is 3.93. The lowest BCUT2D eigenvalue weighted by atomic mass is 10.1. The Labute approximate surface area is 153 Å². The number of hydrogen-bond acceptors (Lipinski definition) is 4. The van der Waals surface area contributed by atoms with E-state index in [1.807, 2.05) is 37.3 Å². The van der Waals surface area contributed by atoms with Gasteiger partial charge in [0.1, 0.15) is 0 Å². The molecular weight excluding hydrogens is 350 g/mol. The zero-order valence-electron chi connectivity index (χ0n) is 14.6. The summed E-state index contributed by atoms with van der Waals surface area (Å²) in [5.74, 6) is 0.00744. The zero-order chi connectivity index (χ0) is 18.3. The average molecular weight is 371 g/mol. The highest BCUT2D eigenvalue weighted by Crippen LogP contribution is 2.33. The average Bonchev–Trinajstić information content (AvgIpc) is 3.02. The third-order valence-electron chi connectivity index (χ3n) is 5.00. The maximum atomic E-state index is 12.8. The summed E-state index contributed by atoms with van der Waals surface area (Å²) in [6, 6.07) is 12.8. The molecule has 2 aliphatic rings. The molecule has 0 spiro atoms. The Hall–Kier alpha value is -2.38. The van der Waals surface area contributed by atoms with Gasteiger partial charge in [-0.15, -0.1) is 0 Å². The van der Waals surface area contributed by atoms with Crippen LogP contribution < -0.4 is 10.2 Å². The molecule has 2 aliphatic heterocycles. The lowest BCUT2D eigenvalue weighted by Crippen LogP contribution is -2.48. The molecule has 0 aliphatic carbocycles. The first-order chi connectivity index (χ1) is 12.4. The van der Waals surface area contributed by atoms with E-state index in [1.54, 1.807) is 16.4 Å². The van der Waals surface area contributed by atoms with Crippen LogP contribution >= 0.6 is 0 Å². The normalized spacial score (nSPS) is 17.9. The van der Waals surface area contributed by atoms with Crippen molar-refractivity contribution in [3.05, 3.63) is 53.6 Å². The second kappa shape index (κ2) is 6.41. The Morgan fingerprint density at radius 3 is 2.35 bits per heavy atom. The third-order valence-corrected chi connectivity index (χ3v) is 6.91.